The van der Waals surface area contributed by atoms with Gasteiger partial charge in [-0.05, 0) is 5.56 Å². The molecule has 0 aliphatic heterocycles. The molecule has 0 aliphatic carbocycles. The van der Waals surface area contributed by atoms with E-state index in [-0.39, 0.29) is 12.1 Å². The van der Waals surface area contributed by atoms with E-state index in [1.54, 1.807) is 6.20 Å². The van der Waals surface area contributed by atoms with Crippen LogP contribution in [0.4, 0.5) is 0 Å². The third kappa shape index (κ3) is 2.35. The maximum absolute atomic E-state index is 11.3. The number of nitrogens with two attached hydrogens (primary N) is 1. The first-order chi connectivity index (χ1) is 7.79. The molecule has 0 radical (unpaired) electrons. The summed E-state index contributed by atoms with van der Waals surface area (Å²) in [5, 5.41) is 0. The molecule has 0 spiro atoms. The van der Waals surface area contributed by atoms with Crippen LogP contribution in [0.1, 0.15) is 11.1 Å². The average Bonchev–Trinajstić information content (AvgIpc) is 2.33. The van der Waals surface area contributed by atoms with Gasteiger partial charge in [-0.2, -0.15) is 4.98 Å². The molecule has 0 atom stereocenters. The maximum Gasteiger partial charge on any atom is 0.277 e. The molecule has 1 heterocycles. The van der Waals surface area contributed by atoms with Gasteiger partial charge in [-0.3, -0.25) is 4.79 Å². The lowest BCUT2D eigenvalue weighted by Gasteiger charge is -2.06. The van der Waals surface area contributed by atoms with Gasteiger partial charge in [0, 0.05) is 24.8 Å². The van der Waals surface area contributed by atoms with Gasteiger partial charge in [-0.15, -0.1) is 0 Å². The minimum atomic E-state index is -0.244. The Morgan fingerprint density at radius 3 is 2.69 bits per heavy atom. The Hall–Kier alpha value is -1.94. The third-order valence-corrected chi connectivity index (χ3v) is 2.35. The molecule has 0 fully saturated rings. The molecule has 82 valence electrons. The number of nitrogens with zero attached hydrogens (tertiary/aromatic N) is 2. The van der Waals surface area contributed by atoms with Gasteiger partial charge >= 0.3 is 0 Å². The van der Waals surface area contributed by atoms with E-state index in [1.807, 2.05) is 34.9 Å². The van der Waals surface area contributed by atoms with Crippen molar-refractivity contribution in [2.45, 2.75) is 13.1 Å². The van der Waals surface area contributed by atoms with Gasteiger partial charge < -0.3 is 10.3 Å². The summed E-state index contributed by atoms with van der Waals surface area (Å²) in [6.45, 7) is 0.919. The highest BCUT2D eigenvalue weighted by atomic mass is 16.1. The van der Waals surface area contributed by atoms with Gasteiger partial charge in [-0.25, -0.2) is 0 Å². The number of hydrogen-bond acceptors (Lipinski definition) is 3. The second-order valence-corrected chi connectivity index (χ2v) is 3.57. The Labute approximate surface area is 93.4 Å². The normalized spacial score (nSPS) is 10.3. The predicted octanol–water partition coefficient (Wildman–Crippen LogP) is 0.750. The third-order valence-electron chi connectivity index (χ3n) is 2.35. The van der Waals surface area contributed by atoms with Crippen LogP contribution in [-0.4, -0.2) is 9.55 Å². The van der Waals surface area contributed by atoms with Crippen LogP contribution in [0.3, 0.4) is 0 Å². The molecule has 16 heavy (non-hydrogen) atoms. The van der Waals surface area contributed by atoms with Crippen molar-refractivity contribution >= 4 is 0 Å². The standard InChI is InChI=1S/C12H13N3O/c13-6-11-8-15(9-14-12(11)16)7-10-4-2-1-3-5-10/h1-5,8-9H,6-7,13H2. The number of rotatable bonds is 3. The van der Waals surface area contributed by atoms with Crippen LogP contribution < -0.4 is 11.3 Å². The van der Waals surface area contributed by atoms with Crippen LogP contribution in [0.25, 0.3) is 0 Å². The Kier molecular flexibility index (Phi) is 3.12. The van der Waals surface area contributed by atoms with E-state index in [0.717, 1.165) is 5.56 Å². The highest BCUT2D eigenvalue weighted by molar-refractivity contribution is 5.15. The van der Waals surface area contributed by atoms with Crippen molar-refractivity contribution in [2.24, 2.45) is 5.73 Å². The smallest absolute Gasteiger partial charge is 0.277 e. The lowest BCUT2D eigenvalue weighted by molar-refractivity contribution is 0.743. The molecule has 1 aromatic heterocycles. The highest BCUT2D eigenvalue weighted by Gasteiger charge is 1.99. The predicted molar refractivity (Wildman–Crippen MR) is 61.9 cm³/mol. The Morgan fingerprint density at radius 1 is 1.25 bits per heavy atom. The first-order valence-electron chi connectivity index (χ1n) is 5.08. The van der Waals surface area contributed by atoms with Crippen molar-refractivity contribution < 1.29 is 0 Å². The zero-order valence-electron chi connectivity index (χ0n) is 8.84. The van der Waals surface area contributed by atoms with E-state index in [2.05, 4.69) is 4.98 Å². The minimum absolute atomic E-state index is 0.224. The SMILES string of the molecule is NCc1cn(Cc2ccccc2)cnc1=O. The van der Waals surface area contributed by atoms with E-state index in [9.17, 15) is 4.79 Å². The topological polar surface area (TPSA) is 60.9 Å². The molecule has 4 nitrogen and oxygen atoms in total. The summed E-state index contributed by atoms with van der Waals surface area (Å²) < 4.78 is 1.86. The molecule has 2 aromatic rings. The van der Waals surface area contributed by atoms with E-state index in [4.69, 9.17) is 5.73 Å². The first kappa shape index (κ1) is 10.6. The molecule has 0 saturated carbocycles. The summed E-state index contributed by atoms with van der Waals surface area (Å²) in [6.07, 6.45) is 3.29. The molecule has 4 heteroatoms. The van der Waals surface area contributed by atoms with Crippen LogP contribution >= 0.6 is 0 Å². The first-order valence-corrected chi connectivity index (χ1v) is 5.08. The molecule has 2 rings (SSSR count). The number of aromatic nitrogens is 2. The largest absolute Gasteiger partial charge is 0.334 e. The summed E-state index contributed by atoms with van der Waals surface area (Å²) in [7, 11) is 0. The molecule has 2 N–H and O–H groups in total. The van der Waals surface area contributed by atoms with Crippen molar-refractivity contribution in [3.63, 3.8) is 0 Å². The van der Waals surface area contributed by atoms with Crippen molar-refractivity contribution in [1.29, 1.82) is 0 Å². The van der Waals surface area contributed by atoms with Crippen LogP contribution in [0, 0.1) is 0 Å². The summed E-state index contributed by atoms with van der Waals surface area (Å²) in [4.78, 5) is 15.0. The van der Waals surface area contributed by atoms with Crippen LogP contribution in [0.2, 0.25) is 0 Å². The lowest BCUT2D eigenvalue weighted by Crippen LogP contribution is -2.19. The van der Waals surface area contributed by atoms with Crippen LogP contribution in [0.15, 0.2) is 47.7 Å². The summed E-state index contributed by atoms with van der Waals surface area (Å²) >= 11 is 0. The van der Waals surface area contributed by atoms with Crippen molar-refractivity contribution in [2.75, 3.05) is 0 Å². The van der Waals surface area contributed by atoms with Crippen LogP contribution in [-0.2, 0) is 13.1 Å². The molecular formula is C12H13N3O. The van der Waals surface area contributed by atoms with Gasteiger partial charge in [0.25, 0.3) is 5.56 Å². The van der Waals surface area contributed by atoms with E-state index in [0.29, 0.717) is 12.1 Å². The lowest BCUT2D eigenvalue weighted by atomic mass is 10.2. The summed E-state index contributed by atoms with van der Waals surface area (Å²) in [5.74, 6) is 0. The fourth-order valence-corrected chi connectivity index (χ4v) is 1.52. The summed E-state index contributed by atoms with van der Waals surface area (Å²) in [6, 6.07) is 9.99. The molecular weight excluding hydrogens is 202 g/mol. The van der Waals surface area contributed by atoms with Crippen molar-refractivity contribution in [1.82, 2.24) is 9.55 Å². The Morgan fingerprint density at radius 2 is 2.00 bits per heavy atom. The highest BCUT2D eigenvalue weighted by Crippen LogP contribution is 2.01. The van der Waals surface area contributed by atoms with E-state index >= 15 is 0 Å². The van der Waals surface area contributed by atoms with E-state index < -0.39 is 0 Å². The quantitative estimate of drug-likeness (QED) is 0.821. The zero-order chi connectivity index (χ0) is 11.4. The van der Waals surface area contributed by atoms with Crippen molar-refractivity contribution in [3.8, 4) is 0 Å². The zero-order valence-corrected chi connectivity index (χ0v) is 8.84. The molecule has 0 aliphatic rings. The van der Waals surface area contributed by atoms with Gasteiger partial charge in [0.2, 0.25) is 0 Å². The van der Waals surface area contributed by atoms with Crippen molar-refractivity contribution in [3.05, 3.63) is 64.3 Å². The average molecular weight is 215 g/mol. The fraction of sp³-hybridized carbons (Fsp3) is 0.167. The second kappa shape index (κ2) is 4.72. The molecule has 0 unspecified atom stereocenters. The second-order valence-electron chi connectivity index (χ2n) is 3.57. The number of hydrogen-bond donors (Lipinski definition) is 1. The summed E-state index contributed by atoms with van der Waals surface area (Å²) in [5.41, 5.74) is 6.92. The van der Waals surface area contributed by atoms with Gasteiger partial charge in [-0.1, -0.05) is 30.3 Å². The van der Waals surface area contributed by atoms with E-state index in [1.165, 1.54) is 6.33 Å². The Balaban J connectivity index is 2.26. The number of benzene rings is 1. The monoisotopic (exact) mass is 215 g/mol. The molecule has 1 aromatic carbocycles. The molecule has 0 saturated heterocycles. The fourth-order valence-electron chi connectivity index (χ4n) is 1.52. The maximum atomic E-state index is 11.3. The van der Waals surface area contributed by atoms with Gasteiger partial charge in [0.05, 0.1) is 6.33 Å². The minimum Gasteiger partial charge on any atom is -0.334 e. The van der Waals surface area contributed by atoms with Crippen LogP contribution in [0.5, 0.6) is 0 Å². The Bertz CT molecular complexity index is 519. The van der Waals surface area contributed by atoms with Gasteiger partial charge in [0.15, 0.2) is 0 Å². The molecule has 0 amide bonds. The van der Waals surface area contributed by atoms with Gasteiger partial charge in [0.1, 0.15) is 0 Å². The molecule has 0 bridgehead atoms.